The molecule has 0 radical (unpaired) electrons. The Morgan fingerprint density at radius 1 is 1.23 bits per heavy atom. The Kier molecular flexibility index (Phi) is 4.22. The molecule has 0 spiro atoms. The van der Waals surface area contributed by atoms with Crippen LogP contribution in [0.2, 0.25) is 0 Å². The maximum atomic E-state index is 15.0. The number of benzene rings is 2. The quantitative estimate of drug-likeness (QED) is 0.534. The van der Waals surface area contributed by atoms with Crippen LogP contribution in [0.4, 0.5) is 10.2 Å². The van der Waals surface area contributed by atoms with E-state index in [9.17, 15) is 0 Å². The first-order chi connectivity index (χ1) is 10.5. The van der Waals surface area contributed by atoms with Crippen molar-refractivity contribution < 1.29 is 9.13 Å². The van der Waals surface area contributed by atoms with Gasteiger partial charge in [-0.3, -0.25) is 0 Å². The standard InChI is InChI=1S/C16H11BrFIN2O/c1-22-13-6-8(17)2-4-10(13)14-15(18)11-7-9(19)3-5-12(11)21-16(14)20/h2-7H,1H3,(H2,20,21). The molecule has 3 nitrogen and oxygen atoms in total. The minimum absolute atomic E-state index is 0.145. The van der Waals surface area contributed by atoms with E-state index in [1.165, 1.54) is 7.11 Å². The molecule has 22 heavy (non-hydrogen) atoms. The molecule has 0 unspecified atom stereocenters. The first-order valence-corrected chi connectivity index (χ1v) is 8.26. The van der Waals surface area contributed by atoms with E-state index in [4.69, 9.17) is 10.5 Å². The van der Waals surface area contributed by atoms with Crippen LogP contribution in [0.25, 0.3) is 22.0 Å². The first kappa shape index (κ1) is 15.5. The van der Waals surface area contributed by atoms with E-state index in [1.54, 1.807) is 24.3 Å². The zero-order valence-corrected chi connectivity index (χ0v) is 15.3. The SMILES string of the molecule is COc1cc(Br)ccc1-c1c(N)nc2ccc(I)cc2c1F. The van der Waals surface area contributed by atoms with Crippen molar-refractivity contribution in [2.24, 2.45) is 0 Å². The molecule has 6 heteroatoms. The largest absolute Gasteiger partial charge is 0.496 e. The van der Waals surface area contributed by atoms with Crippen molar-refractivity contribution in [1.29, 1.82) is 0 Å². The van der Waals surface area contributed by atoms with Crippen LogP contribution in [0.5, 0.6) is 5.75 Å². The third kappa shape index (κ3) is 2.65. The number of hydrogen-bond acceptors (Lipinski definition) is 3. The Hall–Kier alpha value is -1.41. The summed E-state index contributed by atoms with van der Waals surface area (Å²) in [6, 6.07) is 10.7. The number of pyridine rings is 1. The highest BCUT2D eigenvalue weighted by Crippen LogP contribution is 2.39. The second kappa shape index (κ2) is 6.00. The molecule has 0 saturated carbocycles. The van der Waals surface area contributed by atoms with Gasteiger partial charge in [-0.15, -0.1) is 0 Å². The predicted molar refractivity (Wildman–Crippen MR) is 98.5 cm³/mol. The normalized spacial score (nSPS) is 10.9. The Morgan fingerprint density at radius 2 is 2.00 bits per heavy atom. The van der Waals surface area contributed by atoms with Gasteiger partial charge in [0.25, 0.3) is 0 Å². The van der Waals surface area contributed by atoms with Crippen molar-refractivity contribution in [3.63, 3.8) is 0 Å². The molecule has 3 rings (SSSR count). The summed E-state index contributed by atoms with van der Waals surface area (Å²) in [4.78, 5) is 4.32. The fraction of sp³-hybridized carbons (Fsp3) is 0.0625. The van der Waals surface area contributed by atoms with E-state index in [-0.39, 0.29) is 17.2 Å². The maximum absolute atomic E-state index is 15.0. The van der Waals surface area contributed by atoms with Gasteiger partial charge in [0.1, 0.15) is 17.4 Å². The third-order valence-electron chi connectivity index (χ3n) is 3.34. The molecule has 2 aromatic carbocycles. The number of hydrogen-bond donors (Lipinski definition) is 1. The minimum atomic E-state index is -0.387. The van der Waals surface area contributed by atoms with E-state index in [0.29, 0.717) is 22.2 Å². The Labute approximate surface area is 149 Å². The first-order valence-electron chi connectivity index (χ1n) is 6.39. The Morgan fingerprint density at radius 3 is 2.73 bits per heavy atom. The zero-order valence-electron chi connectivity index (χ0n) is 11.5. The van der Waals surface area contributed by atoms with Crippen LogP contribution in [0.15, 0.2) is 40.9 Å². The van der Waals surface area contributed by atoms with Crippen molar-refractivity contribution in [2.75, 3.05) is 12.8 Å². The molecule has 0 aliphatic carbocycles. The lowest BCUT2D eigenvalue weighted by atomic mass is 10.0. The highest BCUT2D eigenvalue weighted by molar-refractivity contribution is 14.1. The molecule has 0 aliphatic rings. The van der Waals surface area contributed by atoms with Gasteiger partial charge in [-0.25, -0.2) is 9.37 Å². The lowest BCUT2D eigenvalue weighted by Gasteiger charge is -2.13. The summed E-state index contributed by atoms with van der Waals surface area (Å²) in [5, 5.41) is 0.445. The number of methoxy groups -OCH3 is 1. The molecule has 0 atom stereocenters. The summed E-state index contributed by atoms with van der Waals surface area (Å²) in [6.45, 7) is 0. The van der Waals surface area contributed by atoms with Gasteiger partial charge in [0, 0.05) is 19.0 Å². The fourth-order valence-electron chi connectivity index (χ4n) is 2.34. The van der Waals surface area contributed by atoms with Crippen LogP contribution in [0, 0.1) is 9.39 Å². The number of nitrogens with two attached hydrogens (primary N) is 1. The summed E-state index contributed by atoms with van der Waals surface area (Å²) in [6.07, 6.45) is 0. The highest BCUT2D eigenvalue weighted by atomic mass is 127. The number of nitrogen functional groups attached to an aromatic ring is 1. The summed E-state index contributed by atoms with van der Waals surface area (Å²) >= 11 is 5.52. The molecular weight excluding hydrogens is 462 g/mol. The fourth-order valence-corrected chi connectivity index (χ4v) is 3.17. The van der Waals surface area contributed by atoms with Gasteiger partial charge in [0.2, 0.25) is 0 Å². The maximum Gasteiger partial charge on any atom is 0.144 e. The van der Waals surface area contributed by atoms with Crippen molar-refractivity contribution in [1.82, 2.24) is 4.98 Å². The number of halogens is 3. The molecule has 0 amide bonds. The number of rotatable bonds is 2. The van der Waals surface area contributed by atoms with Crippen LogP contribution in [0.3, 0.4) is 0 Å². The van der Waals surface area contributed by atoms with Gasteiger partial charge in [-0.05, 0) is 59.0 Å². The van der Waals surface area contributed by atoms with E-state index >= 15 is 4.39 Å². The van der Waals surface area contributed by atoms with E-state index in [1.807, 2.05) is 12.1 Å². The molecule has 1 heterocycles. The van der Waals surface area contributed by atoms with Crippen molar-refractivity contribution in [2.45, 2.75) is 0 Å². The van der Waals surface area contributed by atoms with Crippen LogP contribution in [-0.2, 0) is 0 Å². The van der Waals surface area contributed by atoms with Gasteiger partial charge in [0.05, 0.1) is 18.2 Å². The van der Waals surface area contributed by atoms with Crippen LogP contribution >= 0.6 is 38.5 Å². The zero-order chi connectivity index (χ0) is 15.9. The molecule has 3 aromatic rings. The van der Waals surface area contributed by atoms with Crippen molar-refractivity contribution >= 4 is 55.2 Å². The molecule has 1 aromatic heterocycles. The van der Waals surface area contributed by atoms with Gasteiger partial charge < -0.3 is 10.5 Å². The summed E-state index contributed by atoms with van der Waals surface area (Å²) in [5.41, 5.74) is 7.38. The lowest BCUT2D eigenvalue weighted by molar-refractivity contribution is 0.416. The summed E-state index contributed by atoms with van der Waals surface area (Å²) < 4.78 is 22.1. The smallest absolute Gasteiger partial charge is 0.144 e. The van der Waals surface area contributed by atoms with E-state index < -0.39 is 0 Å². The topological polar surface area (TPSA) is 48.1 Å². The molecule has 0 saturated heterocycles. The Balaban J connectivity index is 2.36. The number of ether oxygens (including phenoxy) is 1. The summed E-state index contributed by atoms with van der Waals surface area (Å²) in [5.74, 6) is 0.292. The Bertz CT molecular complexity index is 886. The highest BCUT2D eigenvalue weighted by Gasteiger charge is 2.18. The molecule has 0 fully saturated rings. The van der Waals surface area contributed by atoms with Crippen molar-refractivity contribution in [3.8, 4) is 16.9 Å². The number of aromatic nitrogens is 1. The van der Waals surface area contributed by atoms with E-state index in [2.05, 4.69) is 43.5 Å². The van der Waals surface area contributed by atoms with Crippen LogP contribution < -0.4 is 10.5 Å². The average molecular weight is 473 g/mol. The predicted octanol–water partition coefficient (Wildman–Crippen LogP) is 5.00. The molecular formula is C16H11BrFIN2O. The van der Waals surface area contributed by atoms with Crippen LogP contribution in [-0.4, -0.2) is 12.1 Å². The van der Waals surface area contributed by atoms with Gasteiger partial charge in [-0.2, -0.15) is 0 Å². The molecule has 2 N–H and O–H groups in total. The molecule has 0 aliphatic heterocycles. The van der Waals surface area contributed by atoms with E-state index in [0.717, 1.165) is 8.04 Å². The van der Waals surface area contributed by atoms with Gasteiger partial charge >= 0.3 is 0 Å². The minimum Gasteiger partial charge on any atom is -0.496 e. The number of anilines is 1. The second-order valence-corrected chi connectivity index (χ2v) is 6.85. The average Bonchev–Trinajstić information content (AvgIpc) is 2.49. The third-order valence-corrected chi connectivity index (χ3v) is 4.51. The number of nitrogens with zero attached hydrogens (tertiary/aromatic N) is 1. The molecule has 0 bridgehead atoms. The van der Waals surface area contributed by atoms with Gasteiger partial charge in [0.15, 0.2) is 0 Å². The summed E-state index contributed by atoms with van der Waals surface area (Å²) in [7, 11) is 1.54. The number of fused-ring (bicyclic) bond motifs is 1. The molecule has 112 valence electrons. The van der Waals surface area contributed by atoms with Crippen molar-refractivity contribution in [3.05, 3.63) is 50.3 Å². The second-order valence-electron chi connectivity index (χ2n) is 4.69. The van der Waals surface area contributed by atoms with Crippen LogP contribution in [0.1, 0.15) is 0 Å². The monoisotopic (exact) mass is 472 g/mol. The van der Waals surface area contributed by atoms with Gasteiger partial charge in [-0.1, -0.05) is 15.9 Å². The lowest BCUT2D eigenvalue weighted by Crippen LogP contribution is -2.01.